The molecule has 4 aromatic rings. The van der Waals surface area contributed by atoms with Crippen molar-refractivity contribution in [3.05, 3.63) is 118 Å². The summed E-state index contributed by atoms with van der Waals surface area (Å²) < 4.78 is 55.5. The maximum absolute atomic E-state index is 14.2. The third-order valence-electron chi connectivity index (χ3n) is 7.93. The molecule has 212 valence electrons. The Hall–Kier alpha value is -4.99. The van der Waals surface area contributed by atoms with Crippen LogP contribution in [0.1, 0.15) is 38.2 Å². The van der Waals surface area contributed by atoms with Gasteiger partial charge in [-0.2, -0.15) is 13.2 Å². The molecule has 7 nitrogen and oxygen atoms in total. The van der Waals surface area contributed by atoms with E-state index in [-0.39, 0.29) is 38.3 Å². The van der Waals surface area contributed by atoms with Crippen LogP contribution in [0.5, 0.6) is 17.2 Å². The highest BCUT2D eigenvalue weighted by Gasteiger charge is 2.57. The van der Waals surface area contributed by atoms with E-state index in [1.807, 2.05) is 30.3 Å². The fourth-order valence-electron chi connectivity index (χ4n) is 5.76. The second-order valence-corrected chi connectivity index (χ2v) is 10.4. The summed E-state index contributed by atoms with van der Waals surface area (Å²) in [6.45, 7) is 0.648. The number of halogens is 3. The number of anilines is 1. The number of carbonyl (C=O) groups is 2. The zero-order valence-electron chi connectivity index (χ0n) is 22.0. The van der Waals surface area contributed by atoms with Crippen molar-refractivity contribution in [1.82, 2.24) is 5.32 Å². The van der Waals surface area contributed by atoms with E-state index < -0.39 is 17.2 Å². The second kappa shape index (κ2) is 9.54. The standard InChI is InChI=1S/C32H23F3N2O5/c33-32(34,35)22-11-7-19(8-12-22)15-36-29(38)21-9-5-20(6-10-21)16-37-25-4-2-1-3-23(25)31(30(37)39)17-40-26-14-28-27(13-24(26)31)41-18-42-28/h1-14H,15-18H2,(H,36,38). The van der Waals surface area contributed by atoms with Gasteiger partial charge in [0.05, 0.1) is 12.1 Å². The molecule has 42 heavy (non-hydrogen) atoms. The number of hydrogen-bond donors (Lipinski definition) is 1. The lowest BCUT2D eigenvalue weighted by atomic mass is 9.77. The Morgan fingerprint density at radius 1 is 0.833 bits per heavy atom. The van der Waals surface area contributed by atoms with Crippen LogP contribution in [0.15, 0.2) is 84.9 Å². The van der Waals surface area contributed by atoms with Crippen LogP contribution < -0.4 is 24.4 Å². The molecule has 3 aliphatic rings. The van der Waals surface area contributed by atoms with Crippen molar-refractivity contribution in [2.75, 3.05) is 18.3 Å². The highest BCUT2D eigenvalue weighted by Crippen LogP contribution is 2.55. The van der Waals surface area contributed by atoms with Crippen LogP contribution in [0.4, 0.5) is 18.9 Å². The van der Waals surface area contributed by atoms with Gasteiger partial charge < -0.3 is 24.4 Å². The summed E-state index contributed by atoms with van der Waals surface area (Å²) in [7, 11) is 0. The minimum atomic E-state index is -4.41. The number of para-hydroxylation sites is 1. The monoisotopic (exact) mass is 572 g/mol. The first-order chi connectivity index (χ1) is 20.2. The van der Waals surface area contributed by atoms with Gasteiger partial charge in [-0.15, -0.1) is 0 Å². The first kappa shape index (κ1) is 25.9. The van der Waals surface area contributed by atoms with E-state index in [2.05, 4.69) is 5.32 Å². The lowest BCUT2D eigenvalue weighted by molar-refractivity contribution is -0.137. The summed E-state index contributed by atoms with van der Waals surface area (Å²) in [5.41, 5.74) is 2.40. The molecular formula is C32H23F3N2O5. The lowest BCUT2D eigenvalue weighted by Crippen LogP contribution is -2.42. The topological polar surface area (TPSA) is 77.1 Å². The molecule has 1 unspecified atom stereocenters. The van der Waals surface area contributed by atoms with Crippen molar-refractivity contribution in [1.29, 1.82) is 0 Å². The Kier molecular flexibility index (Phi) is 5.89. The summed E-state index contributed by atoms with van der Waals surface area (Å²) >= 11 is 0. The van der Waals surface area contributed by atoms with Crippen LogP contribution in [0.2, 0.25) is 0 Å². The summed E-state index contributed by atoms with van der Waals surface area (Å²) in [5.74, 6) is 1.29. The van der Waals surface area contributed by atoms with Gasteiger partial charge in [-0.3, -0.25) is 9.59 Å². The normalized spacial score (nSPS) is 18.2. The number of nitrogens with zero attached hydrogens (tertiary/aromatic N) is 1. The molecule has 2 amide bonds. The molecule has 0 saturated heterocycles. The SMILES string of the molecule is O=C(NCc1ccc(C(F)(F)F)cc1)c1ccc(CN2C(=O)C3(COc4cc5c(cc43)OCO5)c3ccccc32)cc1. The molecule has 0 radical (unpaired) electrons. The van der Waals surface area contributed by atoms with E-state index >= 15 is 0 Å². The zero-order chi connectivity index (χ0) is 29.1. The zero-order valence-corrected chi connectivity index (χ0v) is 22.0. The van der Waals surface area contributed by atoms with Gasteiger partial charge in [-0.25, -0.2) is 0 Å². The average Bonchev–Trinajstić information content (AvgIpc) is 3.67. The number of rotatable bonds is 5. The third-order valence-corrected chi connectivity index (χ3v) is 7.93. The number of alkyl halides is 3. The Morgan fingerprint density at radius 3 is 2.26 bits per heavy atom. The Morgan fingerprint density at radius 2 is 1.52 bits per heavy atom. The van der Waals surface area contributed by atoms with Gasteiger partial charge in [0.1, 0.15) is 17.8 Å². The van der Waals surface area contributed by atoms with Crippen LogP contribution in [-0.2, 0) is 29.5 Å². The van der Waals surface area contributed by atoms with E-state index in [1.165, 1.54) is 12.1 Å². The molecule has 1 spiro atoms. The molecule has 0 aliphatic carbocycles. The minimum absolute atomic E-state index is 0.0871. The van der Waals surface area contributed by atoms with Gasteiger partial charge in [0.2, 0.25) is 12.7 Å². The lowest BCUT2D eigenvalue weighted by Gasteiger charge is -2.23. The van der Waals surface area contributed by atoms with E-state index in [0.717, 1.165) is 34.5 Å². The number of ether oxygens (including phenoxy) is 3. The molecule has 1 atom stereocenters. The Balaban J connectivity index is 1.08. The molecule has 3 heterocycles. The number of benzene rings is 4. The molecule has 1 N–H and O–H groups in total. The molecule has 0 aromatic heterocycles. The maximum atomic E-state index is 14.2. The highest BCUT2D eigenvalue weighted by atomic mass is 19.4. The Bertz CT molecular complexity index is 1720. The van der Waals surface area contributed by atoms with Crippen molar-refractivity contribution < 1.29 is 37.0 Å². The number of nitrogens with one attached hydrogen (secondary N) is 1. The number of carbonyl (C=O) groups excluding carboxylic acids is 2. The van der Waals surface area contributed by atoms with Crippen LogP contribution in [0.25, 0.3) is 0 Å². The van der Waals surface area contributed by atoms with Crippen molar-refractivity contribution in [3.63, 3.8) is 0 Å². The van der Waals surface area contributed by atoms with Crippen molar-refractivity contribution >= 4 is 17.5 Å². The second-order valence-electron chi connectivity index (χ2n) is 10.4. The van der Waals surface area contributed by atoms with Crippen LogP contribution in [-0.4, -0.2) is 25.2 Å². The molecule has 0 saturated carbocycles. The summed E-state index contributed by atoms with van der Waals surface area (Å²) in [5, 5.41) is 2.73. The summed E-state index contributed by atoms with van der Waals surface area (Å²) in [6, 6.07) is 22.8. The molecule has 4 aromatic carbocycles. The molecule has 3 aliphatic heterocycles. The van der Waals surface area contributed by atoms with Gasteiger partial charge in [-0.05, 0) is 53.1 Å². The van der Waals surface area contributed by atoms with Gasteiger partial charge in [0, 0.05) is 29.4 Å². The quantitative estimate of drug-likeness (QED) is 0.338. The fourth-order valence-corrected chi connectivity index (χ4v) is 5.76. The van der Waals surface area contributed by atoms with E-state index in [0.29, 0.717) is 28.4 Å². The molecular weight excluding hydrogens is 549 g/mol. The summed E-state index contributed by atoms with van der Waals surface area (Å²) in [6.07, 6.45) is -4.41. The van der Waals surface area contributed by atoms with E-state index in [1.54, 1.807) is 35.2 Å². The first-order valence-corrected chi connectivity index (χ1v) is 13.3. The molecule has 10 heteroatoms. The minimum Gasteiger partial charge on any atom is -0.491 e. The fraction of sp³-hybridized carbons (Fsp3) is 0.188. The third kappa shape index (κ3) is 4.13. The molecule has 7 rings (SSSR count). The van der Waals surface area contributed by atoms with Gasteiger partial charge >= 0.3 is 6.18 Å². The van der Waals surface area contributed by atoms with Crippen molar-refractivity contribution in [3.8, 4) is 17.2 Å². The predicted octanol–water partition coefficient (Wildman–Crippen LogP) is 5.59. The first-order valence-electron chi connectivity index (χ1n) is 13.3. The molecule has 0 bridgehead atoms. The van der Waals surface area contributed by atoms with Crippen molar-refractivity contribution in [2.24, 2.45) is 0 Å². The number of fused-ring (bicyclic) bond motifs is 5. The maximum Gasteiger partial charge on any atom is 0.416 e. The van der Waals surface area contributed by atoms with Gasteiger partial charge in [0.15, 0.2) is 11.5 Å². The van der Waals surface area contributed by atoms with Crippen LogP contribution in [0, 0.1) is 0 Å². The van der Waals surface area contributed by atoms with Gasteiger partial charge in [-0.1, -0.05) is 42.5 Å². The van der Waals surface area contributed by atoms with Gasteiger partial charge in [0.25, 0.3) is 5.91 Å². The smallest absolute Gasteiger partial charge is 0.416 e. The highest BCUT2D eigenvalue weighted by molar-refractivity contribution is 6.11. The van der Waals surface area contributed by atoms with Crippen molar-refractivity contribution in [2.45, 2.75) is 24.7 Å². The average molecular weight is 573 g/mol. The number of amides is 2. The number of hydrogen-bond acceptors (Lipinski definition) is 5. The van der Waals surface area contributed by atoms with Crippen LogP contribution >= 0.6 is 0 Å². The largest absolute Gasteiger partial charge is 0.491 e. The predicted molar refractivity (Wildman–Crippen MR) is 146 cm³/mol. The Labute approximate surface area is 238 Å². The van der Waals surface area contributed by atoms with E-state index in [9.17, 15) is 22.8 Å². The van der Waals surface area contributed by atoms with E-state index in [4.69, 9.17) is 14.2 Å². The summed E-state index contributed by atoms with van der Waals surface area (Å²) in [4.78, 5) is 28.6. The molecule has 0 fully saturated rings. The van der Waals surface area contributed by atoms with Crippen LogP contribution in [0.3, 0.4) is 0 Å².